The van der Waals surface area contributed by atoms with Crippen LogP contribution in [-0.2, 0) is 30.2 Å². The molecule has 0 aliphatic rings. The van der Waals surface area contributed by atoms with Crippen molar-refractivity contribution < 1.29 is 9.47 Å². The highest BCUT2D eigenvalue weighted by molar-refractivity contribution is 7.09. The molecule has 0 unspecified atom stereocenters. The van der Waals surface area contributed by atoms with Crippen molar-refractivity contribution in [3.8, 4) is 22.4 Å². The first-order valence-corrected chi connectivity index (χ1v) is 12.1. The average molecular weight is 514 g/mol. The molecule has 0 amide bonds. The van der Waals surface area contributed by atoms with Gasteiger partial charge in [-0.15, -0.1) is 11.3 Å². The van der Waals surface area contributed by atoms with Crippen LogP contribution >= 0.6 is 34.5 Å². The van der Waals surface area contributed by atoms with Crippen molar-refractivity contribution in [2.45, 2.75) is 6.61 Å². The first-order chi connectivity index (χ1) is 16.4. The minimum atomic E-state index is -0.122. The maximum atomic E-state index is 13.3. The lowest BCUT2D eigenvalue weighted by Gasteiger charge is -2.09. The predicted octanol–water partition coefficient (Wildman–Crippen LogP) is 6.25. The zero-order valence-corrected chi connectivity index (χ0v) is 21.1. The summed E-state index contributed by atoms with van der Waals surface area (Å²) in [4.78, 5) is 18.0. The number of hydrogen-bond acceptors (Lipinski definition) is 5. The Balaban J connectivity index is 1.68. The Morgan fingerprint density at radius 1 is 1.00 bits per heavy atom. The molecule has 9 heteroatoms. The van der Waals surface area contributed by atoms with Crippen LogP contribution < -0.4 is 5.56 Å². The smallest absolute Gasteiger partial charge is 0.259 e. The topological polar surface area (TPSA) is 58.3 Å². The normalized spacial score (nSPS) is 11.7. The molecule has 0 aliphatic heterocycles. The standard InChI is InChI=1S/C25H21Cl2N3O3S/c1-29-22-7-4-14(21-12-34-23(28-21)11-33-13-32-3)8-17(22)18-10-19(25(31)30(2)24(18)29)16-6-5-15(26)9-20(16)27/h4-10,12H,11,13H2,1-3H3. The third-order valence-corrected chi connectivity index (χ3v) is 7.21. The molecule has 0 atom stereocenters. The molecule has 3 heterocycles. The largest absolute Gasteiger partial charge is 0.359 e. The number of nitrogens with zero attached hydrogens (tertiary/aromatic N) is 3. The van der Waals surface area contributed by atoms with Crippen molar-refractivity contribution in [2.24, 2.45) is 14.1 Å². The average Bonchev–Trinajstić information content (AvgIpc) is 3.39. The highest BCUT2D eigenvalue weighted by Gasteiger charge is 2.18. The van der Waals surface area contributed by atoms with E-state index in [9.17, 15) is 4.79 Å². The molecule has 174 valence electrons. The lowest BCUT2D eigenvalue weighted by atomic mass is 10.0. The molecule has 0 fully saturated rings. The van der Waals surface area contributed by atoms with Gasteiger partial charge in [0, 0.05) is 59.1 Å². The minimum absolute atomic E-state index is 0.122. The number of hydrogen-bond donors (Lipinski definition) is 0. The number of aromatic nitrogens is 3. The zero-order valence-electron chi connectivity index (χ0n) is 18.8. The number of fused-ring (bicyclic) bond motifs is 3. The second-order valence-corrected chi connectivity index (χ2v) is 9.74. The number of aryl methyl sites for hydroxylation is 2. The van der Waals surface area contributed by atoms with Crippen molar-refractivity contribution >= 4 is 56.5 Å². The van der Waals surface area contributed by atoms with Crippen LogP contribution in [0.5, 0.6) is 0 Å². The fourth-order valence-corrected chi connectivity index (χ4v) is 5.52. The number of benzene rings is 2. The highest BCUT2D eigenvalue weighted by Crippen LogP contribution is 2.35. The van der Waals surface area contributed by atoms with E-state index in [2.05, 4.69) is 12.1 Å². The molecule has 0 bridgehead atoms. The van der Waals surface area contributed by atoms with Crippen molar-refractivity contribution in [1.82, 2.24) is 14.1 Å². The highest BCUT2D eigenvalue weighted by atomic mass is 35.5. The molecule has 0 saturated heterocycles. The summed E-state index contributed by atoms with van der Waals surface area (Å²) in [5.74, 6) is 0. The molecule has 6 nitrogen and oxygen atoms in total. The second-order valence-electron chi connectivity index (χ2n) is 7.96. The SMILES string of the molecule is COCOCc1nc(-c2ccc3c(c2)c2cc(-c4ccc(Cl)cc4Cl)c(=O)n(C)c2n3C)cs1. The molecule has 0 radical (unpaired) electrons. The summed E-state index contributed by atoms with van der Waals surface area (Å²) in [6.07, 6.45) is 0. The van der Waals surface area contributed by atoms with Gasteiger partial charge in [-0.3, -0.25) is 9.36 Å². The van der Waals surface area contributed by atoms with Crippen molar-refractivity contribution in [3.63, 3.8) is 0 Å². The van der Waals surface area contributed by atoms with Crippen LogP contribution in [-0.4, -0.2) is 28.0 Å². The van der Waals surface area contributed by atoms with Gasteiger partial charge in [-0.2, -0.15) is 0 Å². The number of rotatable bonds is 6. The van der Waals surface area contributed by atoms with E-state index in [-0.39, 0.29) is 12.4 Å². The van der Waals surface area contributed by atoms with E-state index in [4.69, 9.17) is 37.7 Å². The Morgan fingerprint density at radius 3 is 2.59 bits per heavy atom. The van der Waals surface area contributed by atoms with Crippen LogP contribution in [0.1, 0.15) is 5.01 Å². The number of halogens is 2. The van der Waals surface area contributed by atoms with Crippen molar-refractivity contribution in [3.05, 3.63) is 73.3 Å². The van der Waals surface area contributed by atoms with E-state index in [0.717, 1.165) is 38.2 Å². The molecule has 0 saturated carbocycles. The van der Waals surface area contributed by atoms with Crippen LogP contribution in [0.2, 0.25) is 10.0 Å². The van der Waals surface area contributed by atoms with Gasteiger partial charge in [0.25, 0.3) is 5.56 Å². The summed E-state index contributed by atoms with van der Waals surface area (Å²) in [5.41, 5.74) is 4.79. The van der Waals surface area contributed by atoms with Crippen LogP contribution in [0.4, 0.5) is 0 Å². The molecular weight excluding hydrogens is 493 g/mol. The monoisotopic (exact) mass is 513 g/mol. The molecule has 3 aromatic heterocycles. The predicted molar refractivity (Wildman–Crippen MR) is 139 cm³/mol. The van der Waals surface area contributed by atoms with E-state index in [0.29, 0.717) is 27.8 Å². The lowest BCUT2D eigenvalue weighted by Crippen LogP contribution is -2.20. The molecular formula is C25H21Cl2N3O3S. The van der Waals surface area contributed by atoms with Gasteiger partial charge in [-0.25, -0.2) is 4.98 Å². The van der Waals surface area contributed by atoms with Crippen LogP contribution in [0.25, 0.3) is 44.3 Å². The fourth-order valence-electron chi connectivity index (χ4n) is 4.27. The number of pyridine rings is 1. The zero-order chi connectivity index (χ0) is 24.0. The summed E-state index contributed by atoms with van der Waals surface area (Å²) in [6, 6.07) is 13.3. The minimum Gasteiger partial charge on any atom is -0.359 e. The van der Waals surface area contributed by atoms with Gasteiger partial charge >= 0.3 is 0 Å². The van der Waals surface area contributed by atoms with E-state index in [1.165, 1.54) is 0 Å². The van der Waals surface area contributed by atoms with Crippen molar-refractivity contribution in [1.29, 1.82) is 0 Å². The van der Waals surface area contributed by atoms with Gasteiger partial charge in [0.15, 0.2) is 0 Å². The first kappa shape index (κ1) is 23.1. The van der Waals surface area contributed by atoms with Crippen LogP contribution in [0, 0.1) is 0 Å². The number of thiazole rings is 1. The Morgan fingerprint density at radius 2 is 1.82 bits per heavy atom. The molecule has 2 aromatic carbocycles. The van der Waals surface area contributed by atoms with E-state index < -0.39 is 0 Å². The van der Waals surface area contributed by atoms with Gasteiger partial charge in [0.05, 0.1) is 16.2 Å². The summed E-state index contributed by atoms with van der Waals surface area (Å²) in [7, 11) is 5.34. The maximum Gasteiger partial charge on any atom is 0.259 e. The maximum absolute atomic E-state index is 13.3. The summed E-state index contributed by atoms with van der Waals surface area (Å²) < 4.78 is 14.1. The molecule has 34 heavy (non-hydrogen) atoms. The van der Waals surface area contributed by atoms with Gasteiger partial charge in [-0.05, 0) is 30.3 Å². The van der Waals surface area contributed by atoms with Gasteiger partial charge in [0.2, 0.25) is 0 Å². The van der Waals surface area contributed by atoms with E-state index in [1.54, 1.807) is 48.3 Å². The molecule has 0 N–H and O–H groups in total. The third-order valence-electron chi connectivity index (χ3n) is 5.84. The number of methoxy groups -OCH3 is 1. The first-order valence-electron chi connectivity index (χ1n) is 10.5. The Labute approximate surface area is 209 Å². The van der Waals surface area contributed by atoms with Crippen LogP contribution in [0.15, 0.2) is 52.6 Å². The molecule has 0 spiro atoms. The lowest BCUT2D eigenvalue weighted by molar-refractivity contribution is -0.0390. The van der Waals surface area contributed by atoms with Gasteiger partial charge < -0.3 is 14.0 Å². The van der Waals surface area contributed by atoms with Crippen molar-refractivity contribution in [2.75, 3.05) is 13.9 Å². The van der Waals surface area contributed by atoms with Crippen LogP contribution in [0.3, 0.4) is 0 Å². The molecule has 5 aromatic rings. The Bertz CT molecular complexity index is 1600. The van der Waals surface area contributed by atoms with Gasteiger partial charge in [0.1, 0.15) is 24.1 Å². The summed E-state index contributed by atoms with van der Waals surface area (Å²) >= 11 is 14.1. The Kier molecular flexibility index (Phi) is 6.22. The molecule has 0 aliphatic carbocycles. The fraction of sp³-hybridized carbons (Fsp3) is 0.200. The number of ether oxygens (including phenoxy) is 2. The van der Waals surface area contributed by atoms with E-state index >= 15 is 0 Å². The quantitative estimate of drug-likeness (QED) is 0.199. The van der Waals surface area contributed by atoms with E-state index in [1.807, 2.05) is 29.1 Å². The van der Waals surface area contributed by atoms with Gasteiger partial charge in [-0.1, -0.05) is 35.3 Å². The Hall–Kier alpha value is -2.68. The molecule has 5 rings (SSSR count). The summed E-state index contributed by atoms with van der Waals surface area (Å²) in [5, 5.41) is 5.86. The second kappa shape index (κ2) is 9.17. The summed E-state index contributed by atoms with van der Waals surface area (Å²) in [6.45, 7) is 0.637. The third kappa shape index (κ3) is 3.93.